The van der Waals surface area contributed by atoms with Crippen LogP contribution in [0.4, 0.5) is 0 Å². The van der Waals surface area contributed by atoms with Gasteiger partial charge in [0, 0.05) is 42.2 Å². The summed E-state index contributed by atoms with van der Waals surface area (Å²) < 4.78 is 1.64. The van der Waals surface area contributed by atoms with Gasteiger partial charge in [-0.3, -0.25) is 0 Å². The van der Waals surface area contributed by atoms with E-state index < -0.39 is 0 Å². The maximum absolute atomic E-state index is 7.34. The van der Waals surface area contributed by atoms with Crippen LogP contribution >= 0.6 is 43.5 Å². The van der Waals surface area contributed by atoms with Gasteiger partial charge < -0.3 is 9.97 Å². The van der Waals surface area contributed by atoms with Crippen LogP contribution in [0.15, 0.2) is 95.5 Å². The number of aromatic amines is 2. The topological polar surface area (TPSA) is 57.4 Å². The second-order valence-corrected chi connectivity index (χ2v) is 20.3. The Labute approximate surface area is 357 Å². The number of fused-ring (bicyclic) bond motifs is 8. The molecule has 5 heterocycles. The molecule has 0 fully saturated rings. The standard InChI is InChI=1S/C50H47Br2ClN4/c1-48(2,3)31-16-10-28(11-17-31)42-36-22-24-38(54-36)43(29-12-18-32(19-13-29)49(4,5)6)40-26-34(51)46(56-40)45(53)47-35(52)27-41(57-47)44(39-25-23-37(42)55-39)30-14-20-33(21-15-30)50(7,8)9/h10-27,54,57H,1-9H3. The van der Waals surface area contributed by atoms with Gasteiger partial charge in [0.1, 0.15) is 0 Å². The van der Waals surface area contributed by atoms with E-state index in [1.165, 1.54) is 16.7 Å². The van der Waals surface area contributed by atoms with Crippen LogP contribution in [-0.2, 0) is 16.2 Å². The van der Waals surface area contributed by atoms with Crippen molar-refractivity contribution in [3.63, 3.8) is 0 Å². The van der Waals surface area contributed by atoms with Crippen LogP contribution in [0.5, 0.6) is 0 Å². The minimum Gasteiger partial charge on any atom is -0.354 e. The van der Waals surface area contributed by atoms with Crippen molar-refractivity contribution in [3.05, 3.63) is 140 Å². The largest absolute Gasteiger partial charge is 0.354 e. The first-order valence-electron chi connectivity index (χ1n) is 19.4. The molecule has 288 valence electrons. The molecule has 0 amide bonds. The van der Waals surface area contributed by atoms with E-state index in [-0.39, 0.29) is 16.2 Å². The SMILES string of the molecule is CC(C)(C)c1ccc(-c2c3nc(c(-c4ccc(C(C)(C)C)cc4)c4cc(Br)c([nH]4)c(Cl)c4nc(c(-c5ccc(C(C)(C)C)cc5)c5ccc2[nH]5)C=C4Br)C=C3)cc1. The number of benzene rings is 3. The first-order chi connectivity index (χ1) is 26.9. The maximum Gasteiger partial charge on any atom is 0.0987 e. The molecule has 8 bridgehead atoms. The molecule has 0 aliphatic carbocycles. The van der Waals surface area contributed by atoms with Gasteiger partial charge in [-0.05, 0) is 118 Å². The number of hydrogen-bond acceptors (Lipinski definition) is 2. The molecule has 8 rings (SSSR count). The van der Waals surface area contributed by atoms with Crippen molar-refractivity contribution in [1.29, 1.82) is 0 Å². The molecule has 0 saturated heterocycles. The Morgan fingerprint density at radius 3 is 1.32 bits per heavy atom. The Morgan fingerprint density at radius 2 is 0.895 bits per heavy atom. The van der Waals surface area contributed by atoms with E-state index in [1.54, 1.807) is 0 Å². The Bertz CT molecular complexity index is 2780. The summed E-state index contributed by atoms with van der Waals surface area (Å²) in [6, 6.07) is 33.0. The number of rotatable bonds is 3. The fraction of sp³-hybridized carbons (Fsp3) is 0.240. The van der Waals surface area contributed by atoms with Gasteiger partial charge in [0.25, 0.3) is 0 Å². The molecule has 3 aromatic carbocycles. The highest BCUT2D eigenvalue weighted by molar-refractivity contribution is 9.15. The van der Waals surface area contributed by atoms with Crippen LogP contribution in [-0.4, -0.2) is 19.9 Å². The number of hydrogen-bond donors (Lipinski definition) is 2. The summed E-state index contributed by atoms with van der Waals surface area (Å²) in [6.07, 6.45) is 6.33. The van der Waals surface area contributed by atoms with Gasteiger partial charge in [-0.2, -0.15) is 0 Å². The summed E-state index contributed by atoms with van der Waals surface area (Å²) in [5, 5.41) is 0.501. The minimum absolute atomic E-state index is 0.0216. The predicted octanol–water partition coefficient (Wildman–Crippen LogP) is 15.7. The summed E-state index contributed by atoms with van der Waals surface area (Å²) in [6.45, 7) is 20.2. The van der Waals surface area contributed by atoms with Crippen LogP contribution in [0.25, 0.3) is 78.2 Å². The van der Waals surface area contributed by atoms with Crippen LogP contribution < -0.4 is 0 Å². The molecular formula is C50H47Br2ClN4. The molecule has 2 aliphatic heterocycles. The predicted molar refractivity (Wildman–Crippen MR) is 252 cm³/mol. The second-order valence-electron chi connectivity index (χ2n) is 18.2. The molecule has 6 aromatic rings. The van der Waals surface area contributed by atoms with E-state index in [9.17, 15) is 0 Å². The Hall–Kier alpha value is -4.49. The summed E-state index contributed by atoms with van der Waals surface area (Å²) in [5.74, 6) is 0. The second kappa shape index (κ2) is 14.4. The Balaban J connectivity index is 1.51. The number of halogens is 3. The van der Waals surface area contributed by atoms with Gasteiger partial charge in [-0.1, -0.05) is 147 Å². The zero-order valence-electron chi connectivity index (χ0n) is 33.9. The van der Waals surface area contributed by atoms with E-state index in [0.717, 1.165) is 81.5 Å². The van der Waals surface area contributed by atoms with Crippen molar-refractivity contribution < 1.29 is 0 Å². The van der Waals surface area contributed by atoms with Gasteiger partial charge in [-0.25, -0.2) is 9.97 Å². The molecule has 0 spiro atoms. The number of aromatic nitrogens is 4. The van der Waals surface area contributed by atoms with Crippen LogP contribution in [0.1, 0.15) is 102 Å². The lowest BCUT2D eigenvalue weighted by Gasteiger charge is -2.19. The van der Waals surface area contributed by atoms with E-state index in [4.69, 9.17) is 21.6 Å². The molecule has 2 aliphatic rings. The van der Waals surface area contributed by atoms with E-state index in [2.05, 4.69) is 213 Å². The quantitative estimate of drug-likeness (QED) is 0.186. The third kappa shape index (κ3) is 7.53. The Kier molecular flexibility index (Phi) is 9.94. The molecule has 57 heavy (non-hydrogen) atoms. The molecule has 0 radical (unpaired) electrons. The van der Waals surface area contributed by atoms with Gasteiger partial charge in [0.05, 0.1) is 33.3 Å². The molecule has 0 unspecified atom stereocenters. The molecule has 0 saturated carbocycles. The normalized spacial score (nSPS) is 13.3. The molecule has 7 heteroatoms. The zero-order chi connectivity index (χ0) is 40.6. The molecular weight excluding hydrogens is 852 g/mol. The van der Waals surface area contributed by atoms with Crippen molar-refractivity contribution >= 4 is 88.2 Å². The average molecular weight is 899 g/mol. The van der Waals surface area contributed by atoms with Gasteiger partial charge in [0.15, 0.2) is 0 Å². The van der Waals surface area contributed by atoms with Crippen molar-refractivity contribution in [1.82, 2.24) is 19.9 Å². The van der Waals surface area contributed by atoms with Crippen molar-refractivity contribution in [2.24, 2.45) is 0 Å². The highest BCUT2D eigenvalue weighted by atomic mass is 79.9. The zero-order valence-corrected chi connectivity index (χ0v) is 37.8. The number of nitrogens with one attached hydrogen (secondary N) is 2. The van der Waals surface area contributed by atoms with Crippen LogP contribution in [0.3, 0.4) is 0 Å². The first kappa shape index (κ1) is 39.3. The fourth-order valence-corrected chi connectivity index (χ4v) is 9.13. The lowest BCUT2D eigenvalue weighted by Crippen LogP contribution is -2.10. The first-order valence-corrected chi connectivity index (χ1v) is 21.4. The minimum atomic E-state index is 0.0216. The lowest BCUT2D eigenvalue weighted by atomic mass is 9.86. The lowest BCUT2D eigenvalue weighted by molar-refractivity contribution is 0.590. The third-order valence-electron chi connectivity index (χ3n) is 10.9. The average Bonchev–Trinajstić information content (AvgIpc) is 3.97. The summed E-state index contributed by atoms with van der Waals surface area (Å²) in [5.41, 5.74) is 16.8. The monoisotopic (exact) mass is 896 g/mol. The van der Waals surface area contributed by atoms with Gasteiger partial charge in [0.2, 0.25) is 0 Å². The molecule has 2 N–H and O–H groups in total. The number of H-pyrrole nitrogens is 2. The molecule has 0 atom stereocenters. The fourth-order valence-electron chi connectivity index (χ4n) is 7.58. The summed E-state index contributed by atoms with van der Waals surface area (Å²) in [7, 11) is 0. The van der Waals surface area contributed by atoms with E-state index in [1.807, 2.05) is 0 Å². The summed E-state index contributed by atoms with van der Waals surface area (Å²) in [4.78, 5) is 18.2. The van der Waals surface area contributed by atoms with E-state index >= 15 is 0 Å². The van der Waals surface area contributed by atoms with Gasteiger partial charge in [-0.15, -0.1) is 0 Å². The van der Waals surface area contributed by atoms with Crippen molar-refractivity contribution in [2.45, 2.75) is 78.6 Å². The van der Waals surface area contributed by atoms with Gasteiger partial charge >= 0.3 is 0 Å². The van der Waals surface area contributed by atoms with Crippen molar-refractivity contribution in [3.8, 4) is 33.4 Å². The van der Waals surface area contributed by atoms with Crippen LogP contribution in [0.2, 0.25) is 5.02 Å². The highest BCUT2D eigenvalue weighted by Crippen LogP contribution is 2.42. The number of nitrogens with zero attached hydrogens (tertiary/aromatic N) is 2. The summed E-state index contributed by atoms with van der Waals surface area (Å²) >= 11 is 15.1. The van der Waals surface area contributed by atoms with E-state index in [0.29, 0.717) is 10.7 Å². The van der Waals surface area contributed by atoms with Crippen molar-refractivity contribution in [2.75, 3.05) is 0 Å². The highest BCUT2D eigenvalue weighted by Gasteiger charge is 2.23. The Morgan fingerprint density at radius 1 is 0.491 bits per heavy atom. The smallest absolute Gasteiger partial charge is 0.0987 e. The molecule has 4 nitrogen and oxygen atoms in total. The third-order valence-corrected chi connectivity index (χ3v) is 12.5. The maximum atomic E-state index is 7.34. The molecule has 3 aromatic heterocycles. The van der Waals surface area contributed by atoms with Crippen LogP contribution in [0, 0.1) is 0 Å².